The highest BCUT2D eigenvalue weighted by atomic mass is 19.1. The Labute approximate surface area is 139 Å². The second-order valence-electron chi connectivity index (χ2n) is 5.93. The van der Waals surface area contributed by atoms with E-state index >= 15 is 0 Å². The minimum Gasteiger partial charge on any atom is -0.324 e. The molecule has 1 unspecified atom stereocenters. The van der Waals surface area contributed by atoms with Crippen LogP contribution in [0.25, 0.3) is 6.08 Å². The molecule has 1 aromatic carbocycles. The van der Waals surface area contributed by atoms with Crippen LogP contribution in [0.1, 0.15) is 18.9 Å². The zero-order valence-corrected chi connectivity index (χ0v) is 13.6. The molecule has 1 aromatic heterocycles. The first-order valence-electron chi connectivity index (χ1n) is 7.77. The molecule has 0 radical (unpaired) electrons. The fourth-order valence-electron chi connectivity index (χ4n) is 2.77. The smallest absolute Gasteiger partial charge is 0.324 e. The molecule has 1 saturated heterocycles. The van der Waals surface area contributed by atoms with Gasteiger partial charge in [-0.1, -0.05) is 35.8 Å². The number of aryl methyl sites for hydroxylation is 1. The quantitative estimate of drug-likeness (QED) is 0.917. The number of likely N-dealkylation sites (tertiary alicyclic amines) is 1. The number of carbonyl (C=O) groups excluding carboxylic acids is 1. The van der Waals surface area contributed by atoms with Crippen LogP contribution >= 0.6 is 0 Å². The number of tetrazole rings is 1. The summed E-state index contributed by atoms with van der Waals surface area (Å²) in [4.78, 5) is 14.0. The number of nitrogens with zero attached hydrogens (tertiary/aromatic N) is 5. The van der Waals surface area contributed by atoms with Crippen molar-refractivity contribution in [3.63, 3.8) is 0 Å². The third-order valence-electron chi connectivity index (χ3n) is 4.12. The second kappa shape index (κ2) is 6.77. The van der Waals surface area contributed by atoms with Crippen molar-refractivity contribution in [1.82, 2.24) is 25.1 Å². The minimum absolute atomic E-state index is 0.199. The lowest BCUT2D eigenvalue weighted by atomic mass is 9.91. The zero-order chi connectivity index (χ0) is 17.1. The molecule has 3 rings (SSSR count). The summed E-state index contributed by atoms with van der Waals surface area (Å²) in [5.41, 5.74) is 2.06. The standard InChI is InChI=1S/C16H19FN6O/c1-11-10-23(16(24)18-15-19-20-21-22(15)2)7-6-13(11)8-12-4-3-5-14(17)9-12/h3-5,8-9,11H,6-7,10H2,1-2H3,(H,18,19,21,24)/b13-8+. The van der Waals surface area contributed by atoms with E-state index < -0.39 is 0 Å². The molecule has 2 aromatic rings. The van der Waals surface area contributed by atoms with Gasteiger partial charge in [-0.15, -0.1) is 0 Å². The van der Waals surface area contributed by atoms with Crippen LogP contribution in [0.15, 0.2) is 29.8 Å². The Bertz CT molecular complexity index is 771. The van der Waals surface area contributed by atoms with Crippen LogP contribution < -0.4 is 5.32 Å². The second-order valence-corrected chi connectivity index (χ2v) is 5.93. The number of piperidine rings is 1. The normalized spacial score (nSPS) is 19.5. The molecule has 1 atom stereocenters. The van der Waals surface area contributed by atoms with Gasteiger partial charge < -0.3 is 4.90 Å². The number of halogens is 1. The zero-order valence-electron chi connectivity index (χ0n) is 13.6. The third kappa shape index (κ3) is 3.58. The molecule has 1 fully saturated rings. The lowest BCUT2D eigenvalue weighted by Crippen LogP contribution is -2.42. The van der Waals surface area contributed by atoms with Gasteiger partial charge in [0.15, 0.2) is 0 Å². The van der Waals surface area contributed by atoms with Crippen LogP contribution in [-0.4, -0.2) is 44.2 Å². The molecule has 8 heteroatoms. The lowest BCUT2D eigenvalue weighted by Gasteiger charge is -2.33. The van der Waals surface area contributed by atoms with E-state index in [2.05, 4.69) is 27.8 Å². The fraction of sp³-hybridized carbons (Fsp3) is 0.375. The first kappa shape index (κ1) is 16.1. The molecule has 2 heterocycles. The van der Waals surface area contributed by atoms with E-state index in [-0.39, 0.29) is 17.8 Å². The van der Waals surface area contributed by atoms with Crippen LogP contribution in [0.3, 0.4) is 0 Å². The highest BCUT2D eigenvalue weighted by Crippen LogP contribution is 2.25. The highest BCUT2D eigenvalue weighted by Gasteiger charge is 2.25. The van der Waals surface area contributed by atoms with Crippen molar-refractivity contribution in [2.45, 2.75) is 13.3 Å². The number of anilines is 1. The average Bonchev–Trinajstić information content (AvgIpc) is 2.94. The minimum atomic E-state index is -0.244. The SMILES string of the molecule is CC1CN(C(=O)Nc2nnnn2C)CC/C1=C\c1cccc(F)c1. The van der Waals surface area contributed by atoms with E-state index in [1.54, 1.807) is 18.0 Å². The number of rotatable bonds is 2. The predicted octanol–water partition coefficient (Wildman–Crippen LogP) is 2.31. The Kier molecular flexibility index (Phi) is 4.54. The van der Waals surface area contributed by atoms with E-state index in [1.165, 1.54) is 22.4 Å². The van der Waals surface area contributed by atoms with Gasteiger partial charge in [-0.3, -0.25) is 5.32 Å². The molecule has 0 aliphatic carbocycles. The van der Waals surface area contributed by atoms with Crippen LogP contribution in [-0.2, 0) is 7.05 Å². The molecule has 0 bridgehead atoms. The highest BCUT2D eigenvalue weighted by molar-refractivity contribution is 5.87. The lowest BCUT2D eigenvalue weighted by molar-refractivity contribution is 0.197. The molecule has 126 valence electrons. The first-order valence-corrected chi connectivity index (χ1v) is 7.77. The largest absolute Gasteiger partial charge is 0.324 e. The van der Waals surface area contributed by atoms with Gasteiger partial charge >= 0.3 is 6.03 Å². The molecular formula is C16H19FN6O. The van der Waals surface area contributed by atoms with Gasteiger partial charge in [-0.05, 0) is 40.5 Å². The van der Waals surface area contributed by atoms with Crippen LogP contribution in [0, 0.1) is 11.7 Å². The van der Waals surface area contributed by atoms with Crippen LogP contribution in [0.5, 0.6) is 0 Å². The predicted molar refractivity (Wildman–Crippen MR) is 87.5 cm³/mol. The van der Waals surface area contributed by atoms with Gasteiger partial charge in [-0.2, -0.15) is 0 Å². The summed E-state index contributed by atoms with van der Waals surface area (Å²) >= 11 is 0. The number of urea groups is 1. The van der Waals surface area contributed by atoms with E-state index in [0.717, 1.165) is 12.0 Å². The summed E-state index contributed by atoms with van der Waals surface area (Å²) in [5, 5.41) is 13.6. The Morgan fingerprint density at radius 3 is 2.96 bits per heavy atom. The van der Waals surface area contributed by atoms with Crippen molar-refractivity contribution in [3.05, 3.63) is 41.2 Å². The van der Waals surface area contributed by atoms with Crippen molar-refractivity contribution in [3.8, 4) is 0 Å². The number of hydrogen-bond acceptors (Lipinski definition) is 4. The number of amides is 2. The van der Waals surface area contributed by atoms with E-state index in [4.69, 9.17) is 0 Å². The van der Waals surface area contributed by atoms with Gasteiger partial charge in [0, 0.05) is 20.1 Å². The average molecular weight is 330 g/mol. The first-order chi connectivity index (χ1) is 11.5. The number of hydrogen-bond donors (Lipinski definition) is 1. The van der Waals surface area contributed by atoms with Gasteiger partial charge in [0.05, 0.1) is 0 Å². The summed E-state index contributed by atoms with van der Waals surface area (Å²) in [6.45, 7) is 3.26. The van der Waals surface area contributed by atoms with Gasteiger partial charge in [-0.25, -0.2) is 13.9 Å². The summed E-state index contributed by atoms with van der Waals surface area (Å²) in [5.74, 6) is 0.269. The molecule has 1 aliphatic rings. The van der Waals surface area contributed by atoms with E-state index in [0.29, 0.717) is 19.0 Å². The van der Waals surface area contributed by atoms with Gasteiger partial charge in [0.1, 0.15) is 5.82 Å². The Morgan fingerprint density at radius 2 is 2.29 bits per heavy atom. The molecule has 7 nitrogen and oxygen atoms in total. The number of nitrogens with one attached hydrogen (secondary N) is 1. The topological polar surface area (TPSA) is 75.9 Å². The van der Waals surface area contributed by atoms with Gasteiger partial charge in [0.2, 0.25) is 0 Å². The maximum Gasteiger partial charge on any atom is 0.324 e. The fourth-order valence-corrected chi connectivity index (χ4v) is 2.77. The molecule has 1 N–H and O–H groups in total. The summed E-state index contributed by atoms with van der Waals surface area (Å²) in [6, 6.07) is 6.30. The molecule has 1 aliphatic heterocycles. The molecular weight excluding hydrogens is 311 g/mol. The van der Waals surface area contributed by atoms with Crippen LogP contribution in [0.4, 0.5) is 15.1 Å². The molecule has 24 heavy (non-hydrogen) atoms. The maximum atomic E-state index is 13.3. The number of benzene rings is 1. The summed E-state index contributed by atoms with van der Waals surface area (Å²) < 4.78 is 14.7. The summed E-state index contributed by atoms with van der Waals surface area (Å²) in [6.07, 6.45) is 2.76. The Balaban J connectivity index is 1.64. The number of carbonyl (C=O) groups is 1. The monoisotopic (exact) mass is 330 g/mol. The van der Waals surface area contributed by atoms with Gasteiger partial charge in [0.25, 0.3) is 5.95 Å². The molecule has 0 spiro atoms. The van der Waals surface area contributed by atoms with Crippen molar-refractivity contribution < 1.29 is 9.18 Å². The van der Waals surface area contributed by atoms with Crippen molar-refractivity contribution >= 4 is 18.1 Å². The van der Waals surface area contributed by atoms with E-state index in [1.807, 2.05) is 12.1 Å². The Morgan fingerprint density at radius 1 is 1.46 bits per heavy atom. The molecule has 0 saturated carbocycles. The third-order valence-corrected chi connectivity index (χ3v) is 4.12. The summed E-state index contributed by atoms with van der Waals surface area (Å²) in [7, 11) is 1.66. The van der Waals surface area contributed by atoms with Crippen molar-refractivity contribution in [2.24, 2.45) is 13.0 Å². The number of aromatic nitrogens is 4. The van der Waals surface area contributed by atoms with Crippen molar-refractivity contribution in [1.29, 1.82) is 0 Å². The van der Waals surface area contributed by atoms with Crippen molar-refractivity contribution in [2.75, 3.05) is 18.4 Å². The van der Waals surface area contributed by atoms with E-state index in [9.17, 15) is 9.18 Å². The Hall–Kier alpha value is -2.77. The maximum absolute atomic E-state index is 13.3. The van der Waals surface area contributed by atoms with Crippen LogP contribution in [0.2, 0.25) is 0 Å². The molecule has 2 amide bonds.